The van der Waals surface area contributed by atoms with Crippen molar-refractivity contribution in [3.05, 3.63) is 33.8 Å². The highest BCUT2D eigenvalue weighted by Crippen LogP contribution is 2.22. The summed E-state index contributed by atoms with van der Waals surface area (Å²) in [5.74, 6) is -0.0833. The Morgan fingerprint density at radius 1 is 1.25 bits per heavy atom. The van der Waals surface area contributed by atoms with Gasteiger partial charge >= 0.3 is 0 Å². The van der Waals surface area contributed by atoms with Gasteiger partial charge in [-0.1, -0.05) is 23.2 Å². The van der Waals surface area contributed by atoms with Crippen molar-refractivity contribution in [2.24, 2.45) is 0 Å². The molecular weight excluding hydrogens is 351 g/mol. The Morgan fingerprint density at radius 2 is 1.92 bits per heavy atom. The fourth-order valence-electron chi connectivity index (χ4n) is 2.62. The second kappa shape index (κ2) is 9.02. The van der Waals surface area contributed by atoms with Crippen LogP contribution >= 0.6 is 23.2 Å². The van der Waals surface area contributed by atoms with E-state index in [0.29, 0.717) is 41.8 Å². The van der Waals surface area contributed by atoms with E-state index in [2.05, 4.69) is 4.90 Å². The number of carbonyl (C=O) groups excluding carboxylic acids is 1. The van der Waals surface area contributed by atoms with Crippen LogP contribution in [-0.2, 0) is 4.74 Å². The van der Waals surface area contributed by atoms with Gasteiger partial charge in [0.05, 0.1) is 29.4 Å². The van der Waals surface area contributed by atoms with Gasteiger partial charge in [-0.2, -0.15) is 0 Å². The molecule has 1 aliphatic heterocycles. The van der Waals surface area contributed by atoms with Gasteiger partial charge in [0.2, 0.25) is 0 Å². The second-order valence-electron chi connectivity index (χ2n) is 6.25. The third-order valence-electron chi connectivity index (χ3n) is 3.91. The molecule has 1 atom stereocenters. The summed E-state index contributed by atoms with van der Waals surface area (Å²) in [6.45, 7) is 7.42. The molecule has 7 heteroatoms. The monoisotopic (exact) mass is 374 g/mol. The van der Waals surface area contributed by atoms with Gasteiger partial charge in [0, 0.05) is 37.7 Å². The minimum Gasteiger partial charge on any atom is -0.389 e. The van der Waals surface area contributed by atoms with E-state index in [1.165, 1.54) is 0 Å². The number of ether oxygens (including phenoxy) is 1. The summed E-state index contributed by atoms with van der Waals surface area (Å²) in [6.07, 6.45) is -0.404. The summed E-state index contributed by atoms with van der Waals surface area (Å²) >= 11 is 12.0. The number of aliphatic hydroxyl groups is 1. The van der Waals surface area contributed by atoms with Crippen molar-refractivity contribution in [1.82, 2.24) is 9.80 Å². The molecular formula is C17H24Cl2N2O3. The van der Waals surface area contributed by atoms with Crippen LogP contribution < -0.4 is 0 Å². The number of aliphatic hydroxyl groups excluding tert-OH is 1. The number of hydrogen-bond donors (Lipinski definition) is 1. The van der Waals surface area contributed by atoms with Gasteiger partial charge in [-0.15, -0.1) is 0 Å². The van der Waals surface area contributed by atoms with E-state index >= 15 is 0 Å². The maximum Gasteiger partial charge on any atom is 0.255 e. The second-order valence-corrected chi connectivity index (χ2v) is 7.10. The predicted molar refractivity (Wildman–Crippen MR) is 95.9 cm³/mol. The number of piperazine rings is 1. The first-order valence-corrected chi connectivity index (χ1v) is 8.88. The van der Waals surface area contributed by atoms with Crippen LogP contribution in [0.15, 0.2) is 18.2 Å². The van der Waals surface area contributed by atoms with Crippen LogP contribution in [0.2, 0.25) is 10.0 Å². The third kappa shape index (κ3) is 5.60. The molecule has 0 aromatic heterocycles. The summed E-state index contributed by atoms with van der Waals surface area (Å²) < 4.78 is 5.42. The van der Waals surface area contributed by atoms with Gasteiger partial charge in [-0.05, 0) is 32.0 Å². The van der Waals surface area contributed by atoms with Crippen LogP contribution in [0.5, 0.6) is 0 Å². The summed E-state index contributed by atoms with van der Waals surface area (Å²) in [4.78, 5) is 16.5. The van der Waals surface area contributed by atoms with E-state index in [9.17, 15) is 9.90 Å². The SMILES string of the molecule is CC(C)OCC(O)CN1CCN(C(=O)c2ccc(Cl)cc2Cl)CC1. The van der Waals surface area contributed by atoms with E-state index in [4.69, 9.17) is 27.9 Å². The molecule has 1 unspecified atom stereocenters. The van der Waals surface area contributed by atoms with Gasteiger partial charge in [0.25, 0.3) is 5.91 Å². The molecule has 1 aliphatic rings. The molecule has 1 fully saturated rings. The highest BCUT2D eigenvalue weighted by atomic mass is 35.5. The van der Waals surface area contributed by atoms with Crippen molar-refractivity contribution in [2.45, 2.75) is 26.1 Å². The molecule has 0 spiro atoms. The van der Waals surface area contributed by atoms with E-state index in [1.54, 1.807) is 23.1 Å². The lowest BCUT2D eigenvalue weighted by atomic mass is 10.1. The van der Waals surface area contributed by atoms with Crippen LogP contribution in [0.3, 0.4) is 0 Å². The van der Waals surface area contributed by atoms with E-state index in [0.717, 1.165) is 13.1 Å². The molecule has 1 aromatic rings. The first-order valence-electron chi connectivity index (χ1n) is 8.13. The minimum absolute atomic E-state index is 0.0833. The van der Waals surface area contributed by atoms with Crippen LogP contribution in [0, 0.1) is 0 Å². The molecule has 1 saturated heterocycles. The van der Waals surface area contributed by atoms with Crippen molar-refractivity contribution in [1.29, 1.82) is 0 Å². The van der Waals surface area contributed by atoms with Gasteiger partial charge in [-0.25, -0.2) is 0 Å². The van der Waals surface area contributed by atoms with Gasteiger partial charge in [0.15, 0.2) is 0 Å². The number of nitrogens with zero attached hydrogens (tertiary/aromatic N) is 2. The zero-order chi connectivity index (χ0) is 17.7. The molecule has 0 bridgehead atoms. The Bertz CT molecular complexity index is 561. The zero-order valence-corrected chi connectivity index (χ0v) is 15.6. The van der Waals surface area contributed by atoms with Gasteiger partial charge < -0.3 is 14.7 Å². The minimum atomic E-state index is -0.514. The van der Waals surface area contributed by atoms with Gasteiger partial charge in [-0.3, -0.25) is 9.69 Å². The average Bonchev–Trinajstić information content (AvgIpc) is 2.53. The average molecular weight is 375 g/mol. The normalized spacial score (nSPS) is 17.3. The number of β-amino-alcohol motifs (C(OH)–C–C–N with tert-alkyl or cyclic N) is 1. The van der Waals surface area contributed by atoms with Crippen molar-refractivity contribution >= 4 is 29.1 Å². The fraction of sp³-hybridized carbons (Fsp3) is 0.588. The van der Waals surface area contributed by atoms with E-state index < -0.39 is 6.10 Å². The number of halogens is 2. The maximum absolute atomic E-state index is 12.5. The fourth-order valence-corrected chi connectivity index (χ4v) is 3.11. The van der Waals surface area contributed by atoms with Crippen LogP contribution in [0.1, 0.15) is 24.2 Å². The lowest BCUT2D eigenvalue weighted by molar-refractivity contribution is -0.0137. The molecule has 134 valence electrons. The number of rotatable bonds is 6. The van der Waals surface area contributed by atoms with Gasteiger partial charge in [0.1, 0.15) is 0 Å². The standard InChI is InChI=1S/C17H24Cl2N2O3/c1-12(2)24-11-14(22)10-20-5-7-21(8-6-20)17(23)15-4-3-13(18)9-16(15)19/h3-4,9,12,14,22H,5-8,10-11H2,1-2H3. The Labute approximate surface area is 153 Å². The predicted octanol–water partition coefficient (Wildman–Crippen LogP) is 2.54. The topological polar surface area (TPSA) is 53.0 Å². The van der Waals surface area contributed by atoms with Crippen LogP contribution in [0.25, 0.3) is 0 Å². The smallest absolute Gasteiger partial charge is 0.255 e. The van der Waals surface area contributed by atoms with Crippen molar-refractivity contribution < 1.29 is 14.6 Å². The Kier molecular flexibility index (Phi) is 7.32. The first kappa shape index (κ1) is 19.5. The van der Waals surface area contributed by atoms with Crippen LogP contribution in [0.4, 0.5) is 0 Å². The summed E-state index contributed by atoms with van der Waals surface area (Å²) in [5.41, 5.74) is 0.472. The molecule has 24 heavy (non-hydrogen) atoms. The summed E-state index contributed by atoms with van der Waals surface area (Å²) in [7, 11) is 0. The zero-order valence-electron chi connectivity index (χ0n) is 14.0. The molecule has 1 N–H and O–H groups in total. The molecule has 0 saturated carbocycles. The quantitative estimate of drug-likeness (QED) is 0.830. The summed E-state index contributed by atoms with van der Waals surface area (Å²) in [6, 6.07) is 4.91. The lowest BCUT2D eigenvalue weighted by Gasteiger charge is -2.35. The largest absolute Gasteiger partial charge is 0.389 e. The Morgan fingerprint density at radius 3 is 2.50 bits per heavy atom. The van der Waals surface area contributed by atoms with Crippen LogP contribution in [-0.4, -0.2) is 72.4 Å². The number of benzene rings is 1. The number of carbonyl (C=O) groups is 1. The third-order valence-corrected chi connectivity index (χ3v) is 4.46. The molecule has 5 nitrogen and oxygen atoms in total. The maximum atomic E-state index is 12.5. The van der Waals surface area contributed by atoms with Crippen molar-refractivity contribution in [3.63, 3.8) is 0 Å². The first-order chi connectivity index (χ1) is 11.4. The van der Waals surface area contributed by atoms with E-state index in [1.807, 2.05) is 13.8 Å². The van der Waals surface area contributed by atoms with Crippen molar-refractivity contribution in [2.75, 3.05) is 39.3 Å². The molecule has 0 aliphatic carbocycles. The summed E-state index contributed by atoms with van der Waals surface area (Å²) in [5, 5.41) is 10.9. The molecule has 1 aromatic carbocycles. The number of hydrogen-bond acceptors (Lipinski definition) is 4. The highest BCUT2D eigenvalue weighted by molar-refractivity contribution is 6.36. The lowest BCUT2D eigenvalue weighted by Crippen LogP contribution is -2.50. The van der Waals surface area contributed by atoms with Crippen molar-refractivity contribution in [3.8, 4) is 0 Å². The number of amides is 1. The molecule has 0 radical (unpaired) electrons. The Balaban J connectivity index is 1.82. The Hall–Kier alpha value is -0.850. The molecule has 2 rings (SSSR count). The highest BCUT2D eigenvalue weighted by Gasteiger charge is 2.24. The van der Waals surface area contributed by atoms with E-state index in [-0.39, 0.29) is 12.0 Å². The molecule has 1 amide bonds. The molecule has 1 heterocycles.